The molecule has 0 aliphatic heterocycles. The Kier molecular flexibility index (Phi) is 6.22. The Labute approximate surface area is 275 Å². The summed E-state index contributed by atoms with van der Waals surface area (Å²) >= 11 is 0. The van der Waals surface area contributed by atoms with Crippen LogP contribution in [0, 0.1) is 22.7 Å². The third kappa shape index (κ3) is 4.60. The van der Waals surface area contributed by atoms with Gasteiger partial charge in [0.25, 0.3) is 0 Å². The Balaban J connectivity index is 1.27. The summed E-state index contributed by atoms with van der Waals surface area (Å²) in [6.45, 7) is 0. The van der Waals surface area contributed by atoms with Crippen LogP contribution in [-0.4, -0.2) is 0 Å². The molecule has 2 aromatic heterocycles. The molecule has 0 saturated heterocycles. The smallest absolute Gasteiger partial charge is 0.135 e. The van der Waals surface area contributed by atoms with Crippen molar-refractivity contribution in [2.24, 2.45) is 0 Å². The number of nitrogens with zero attached hydrogens (tertiary/aromatic N) is 2. The maximum absolute atomic E-state index is 10.1. The van der Waals surface area contributed by atoms with Crippen LogP contribution in [0.1, 0.15) is 11.1 Å². The average Bonchev–Trinajstić information content (AvgIpc) is 3.72. The lowest BCUT2D eigenvalue weighted by Gasteiger charge is -2.13. The molecule has 0 N–H and O–H groups in total. The summed E-state index contributed by atoms with van der Waals surface area (Å²) < 4.78 is 12.3. The first-order chi connectivity index (χ1) is 23.6. The lowest BCUT2D eigenvalue weighted by Crippen LogP contribution is -1.89. The van der Waals surface area contributed by atoms with Crippen LogP contribution in [-0.2, 0) is 0 Å². The SMILES string of the molecule is N#Cc1cccc(-c2cc(C#N)cc(-c3cc(-c4ccc5oc6ccccc6c5c4)cc(-c4ccc5oc6ccccc6c5c4)c3)c2)c1. The number of hydrogen-bond acceptors (Lipinski definition) is 4. The molecule has 0 radical (unpaired) electrons. The highest BCUT2D eigenvalue weighted by atomic mass is 16.3. The second kappa shape index (κ2) is 10.9. The van der Waals surface area contributed by atoms with E-state index in [0.717, 1.165) is 88.4 Å². The van der Waals surface area contributed by atoms with Gasteiger partial charge in [0.15, 0.2) is 0 Å². The van der Waals surface area contributed by atoms with Crippen LogP contribution < -0.4 is 0 Å². The topological polar surface area (TPSA) is 73.9 Å². The van der Waals surface area contributed by atoms with Crippen molar-refractivity contribution in [2.75, 3.05) is 0 Å². The lowest BCUT2D eigenvalue weighted by atomic mass is 9.90. The second-order valence-corrected chi connectivity index (χ2v) is 12.0. The van der Waals surface area contributed by atoms with Crippen molar-refractivity contribution >= 4 is 43.9 Å². The van der Waals surface area contributed by atoms with Crippen molar-refractivity contribution in [3.63, 3.8) is 0 Å². The molecule has 9 rings (SSSR count). The van der Waals surface area contributed by atoms with Gasteiger partial charge in [0, 0.05) is 21.5 Å². The van der Waals surface area contributed by atoms with Crippen LogP contribution >= 0.6 is 0 Å². The fraction of sp³-hybridized carbons (Fsp3) is 0. The molecular weight excluding hydrogens is 588 g/mol. The molecule has 48 heavy (non-hydrogen) atoms. The molecular formula is C44H24N2O2. The molecule has 0 fully saturated rings. The maximum atomic E-state index is 10.1. The molecule has 0 atom stereocenters. The van der Waals surface area contributed by atoms with Gasteiger partial charge in [0.2, 0.25) is 0 Å². The van der Waals surface area contributed by atoms with Crippen molar-refractivity contribution in [2.45, 2.75) is 0 Å². The van der Waals surface area contributed by atoms with Gasteiger partial charge in [-0.05, 0) is 129 Å². The minimum Gasteiger partial charge on any atom is -0.456 e. The molecule has 0 aliphatic rings. The van der Waals surface area contributed by atoms with Crippen LogP contribution in [0.3, 0.4) is 0 Å². The number of nitriles is 2. The summed E-state index contributed by atoms with van der Waals surface area (Å²) in [5.41, 5.74) is 12.4. The summed E-state index contributed by atoms with van der Waals surface area (Å²) in [7, 11) is 0. The van der Waals surface area contributed by atoms with E-state index >= 15 is 0 Å². The van der Waals surface area contributed by atoms with E-state index < -0.39 is 0 Å². The minimum atomic E-state index is 0.550. The van der Waals surface area contributed by atoms with Crippen LogP contribution in [0.5, 0.6) is 0 Å². The number of fused-ring (bicyclic) bond motifs is 6. The van der Waals surface area contributed by atoms with Crippen molar-refractivity contribution < 1.29 is 8.83 Å². The zero-order chi connectivity index (χ0) is 32.2. The van der Waals surface area contributed by atoms with Crippen molar-refractivity contribution in [1.82, 2.24) is 0 Å². The van der Waals surface area contributed by atoms with Gasteiger partial charge in [-0.1, -0.05) is 60.7 Å². The van der Waals surface area contributed by atoms with Crippen molar-refractivity contribution in [3.05, 3.63) is 157 Å². The first-order valence-electron chi connectivity index (χ1n) is 15.7. The van der Waals surface area contributed by atoms with E-state index in [1.54, 1.807) is 6.07 Å². The molecule has 2 heterocycles. The molecule has 0 amide bonds. The lowest BCUT2D eigenvalue weighted by molar-refractivity contribution is 0.668. The standard InChI is InChI=1S/C44H24N2O2/c45-25-27-6-5-7-29(16-27)32-17-28(26-46)18-33(19-32)36-21-34(30-12-14-43-39(23-30)37-8-1-3-10-41(37)47-43)20-35(22-36)31-13-15-44-40(24-31)38-9-2-4-11-42(38)48-44/h1-24H. The second-order valence-electron chi connectivity index (χ2n) is 12.0. The predicted molar refractivity (Wildman–Crippen MR) is 192 cm³/mol. The van der Waals surface area contributed by atoms with Crippen molar-refractivity contribution in [3.8, 4) is 56.6 Å². The van der Waals surface area contributed by atoms with Crippen LogP contribution in [0.25, 0.3) is 88.4 Å². The summed E-state index contributed by atoms with van der Waals surface area (Å²) in [4.78, 5) is 0. The van der Waals surface area contributed by atoms with Gasteiger partial charge in [-0.15, -0.1) is 0 Å². The Morgan fingerprint density at radius 2 is 0.729 bits per heavy atom. The summed E-state index contributed by atoms with van der Waals surface area (Å²) in [5.74, 6) is 0. The van der Waals surface area contributed by atoms with Gasteiger partial charge in [-0.3, -0.25) is 0 Å². The highest BCUT2D eigenvalue weighted by Crippen LogP contribution is 2.39. The van der Waals surface area contributed by atoms with E-state index in [9.17, 15) is 10.5 Å². The number of benzene rings is 7. The monoisotopic (exact) mass is 612 g/mol. The number of rotatable bonds is 4. The fourth-order valence-corrected chi connectivity index (χ4v) is 6.73. The minimum absolute atomic E-state index is 0.550. The zero-order valence-electron chi connectivity index (χ0n) is 25.6. The highest BCUT2D eigenvalue weighted by Gasteiger charge is 2.14. The van der Waals surface area contributed by atoms with Gasteiger partial charge in [0.1, 0.15) is 22.3 Å². The third-order valence-electron chi connectivity index (χ3n) is 9.07. The average molecular weight is 613 g/mol. The quantitative estimate of drug-likeness (QED) is 0.198. The molecule has 9 aromatic rings. The summed E-state index contributed by atoms with van der Waals surface area (Å²) in [6.07, 6.45) is 0. The molecule has 0 bridgehead atoms. The largest absolute Gasteiger partial charge is 0.456 e. The first kappa shape index (κ1) is 27.4. The molecule has 0 aliphatic carbocycles. The molecule has 222 valence electrons. The molecule has 0 saturated carbocycles. The van der Waals surface area contributed by atoms with E-state index in [-0.39, 0.29) is 0 Å². The maximum Gasteiger partial charge on any atom is 0.135 e. The Hall–Kier alpha value is -6.88. The van der Waals surface area contributed by atoms with E-state index in [0.29, 0.717) is 11.1 Å². The summed E-state index contributed by atoms with van der Waals surface area (Å²) in [5, 5.41) is 23.9. The summed E-state index contributed by atoms with van der Waals surface area (Å²) in [6, 6.07) is 53.4. The number of furan rings is 2. The molecule has 4 nitrogen and oxygen atoms in total. The Bertz CT molecular complexity index is 2690. The number of para-hydroxylation sites is 2. The zero-order valence-corrected chi connectivity index (χ0v) is 25.6. The van der Waals surface area contributed by atoms with E-state index in [4.69, 9.17) is 8.83 Å². The molecule has 0 spiro atoms. The van der Waals surface area contributed by atoms with E-state index in [1.165, 1.54) is 0 Å². The van der Waals surface area contributed by atoms with Crippen LogP contribution in [0.4, 0.5) is 0 Å². The van der Waals surface area contributed by atoms with Crippen molar-refractivity contribution in [1.29, 1.82) is 10.5 Å². The molecule has 4 heteroatoms. The van der Waals surface area contributed by atoms with Gasteiger partial charge in [0.05, 0.1) is 23.3 Å². The molecule has 7 aromatic carbocycles. The highest BCUT2D eigenvalue weighted by molar-refractivity contribution is 6.07. The first-order valence-corrected chi connectivity index (χ1v) is 15.7. The normalized spacial score (nSPS) is 11.3. The Morgan fingerprint density at radius 1 is 0.312 bits per heavy atom. The third-order valence-corrected chi connectivity index (χ3v) is 9.07. The van der Waals surface area contributed by atoms with Gasteiger partial charge < -0.3 is 8.83 Å². The van der Waals surface area contributed by atoms with Crippen LogP contribution in [0.15, 0.2) is 154 Å². The van der Waals surface area contributed by atoms with Crippen LogP contribution in [0.2, 0.25) is 0 Å². The van der Waals surface area contributed by atoms with Gasteiger partial charge >= 0.3 is 0 Å². The van der Waals surface area contributed by atoms with E-state index in [1.807, 2.05) is 78.9 Å². The van der Waals surface area contributed by atoms with Gasteiger partial charge in [-0.25, -0.2) is 0 Å². The number of hydrogen-bond donors (Lipinski definition) is 0. The van der Waals surface area contributed by atoms with E-state index in [2.05, 4.69) is 72.8 Å². The Morgan fingerprint density at radius 3 is 1.27 bits per heavy atom. The predicted octanol–water partition coefficient (Wildman–Crippen LogP) is 11.9. The van der Waals surface area contributed by atoms with Gasteiger partial charge in [-0.2, -0.15) is 10.5 Å². The fourth-order valence-electron chi connectivity index (χ4n) is 6.73. The molecule has 0 unspecified atom stereocenters.